The van der Waals surface area contributed by atoms with Crippen LogP contribution in [-0.4, -0.2) is 3.92 Å². The molecule has 4 heteroatoms. The van der Waals surface area contributed by atoms with Crippen molar-refractivity contribution in [3.63, 3.8) is 0 Å². The van der Waals surface area contributed by atoms with Crippen LogP contribution in [0.4, 0.5) is 5.69 Å². The zero-order chi connectivity index (χ0) is 13.0. The summed E-state index contributed by atoms with van der Waals surface area (Å²) < 4.78 is -1.48. The highest BCUT2D eigenvalue weighted by molar-refractivity contribution is 6.68. The third kappa shape index (κ3) is 3.55. The molecule has 94 valence electrons. The lowest BCUT2D eigenvalue weighted by atomic mass is 10.2. The molecule has 0 aliphatic carbocycles. The minimum absolute atomic E-state index is 0.543. The third-order valence-corrected chi connectivity index (χ3v) is 3.17. The number of hydrogen-bond donors (Lipinski definition) is 0. The molecule has 0 aromatic heterocycles. The molecule has 1 nitrogen and oxygen atoms in total. The van der Waals surface area contributed by atoms with Crippen molar-refractivity contribution in [2.45, 2.75) is 10.5 Å². The molecule has 0 aliphatic rings. The summed E-state index contributed by atoms with van der Waals surface area (Å²) in [5.74, 6) is 0. The molecule has 0 heterocycles. The van der Waals surface area contributed by atoms with Crippen LogP contribution >= 0.6 is 34.8 Å². The number of halogens is 3. The monoisotopic (exact) mass is 299 g/mol. The van der Waals surface area contributed by atoms with E-state index in [9.17, 15) is 0 Å². The highest BCUT2D eigenvalue weighted by atomic mass is 35.6. The highest BCUT2D eigenvalue weighted by Crippen LogP contribution is 2.36. The van der Waals surface area contributed by atoms with Crippen molar-refractivity contribution in [2.24, 2.45) is 0 Å². The topological polar surface area (TPSA) is 3.24 Å². The zero-order valence-electron chi connectivity index (χ0n) is 9.56. The van der Waals surface area contributed by atoms with Gasteiger partial charge in [0.1, 0.15) is 0 Å². The number of rotatable bonds is 3. The molecule has 0 unspecified atom stereocenters. The van der Waals surface area contributed by atoms with Crippen molar-refractivity contribution in [2.75, 3.05) is 4.90 Å². The van der Waals surface area contributed by atoms with Gasteiger partial charge in [-0.3, -0.25) is 0 Å². The summed E-state index contributed by atoms with van der Waals surface area (Å²) in [6.07, 6.45) is 0. The van der Waals surface area contributed by atoms with Gasteiger partial charge in [-0.15, -0.1) is 0 Å². The van der Waals surface area contributed by atoms with E-state index in [1.807, 2.05) is 60.7 Å². The van der Waals surface area contributed by atoms with E-state index in [1.165, 1.54) is 0 Å². The molecule has 0 aliphatic heterocycles. The third-order valence-electron chi connectivity index (χ3n) is 2.56. The Morgan fingerprint density at radius 2 is 1.28 bits per heavy atom. The summed E-state index contributed by atoms with van der Waals surface area (Å²) in [4.78, 5) is 1.73. The number of nitrogens with zero attached hydrogens (tertiary/aromatic N) is 1. The molecule has 2 aromatic rings. The summed E-state index contributed by atoms with van der Waals surface area (Å²) >= 11 is 18.1. The molecule has 0 N–H and O–H groups in total. The SMILES string of the molecule is ClC(Cl)(Cl)N(Cc1ccccc1)c1ccccc1. The van der Waals surface area contributed by atoms with Crippen LogP contribution in [0.3, 0.4) is 0 Å². The van der Waals surface area contributed by atoms with E-state index in [1.54, 1.807) is 4.90 Å². The van der Waals surface area contributed by atoms with E-state index in [2.05, 4.69) is 0 Å². The molecule has 2 rings (SSSR count). The van der Waals surface area contributed by atoms with E-state index < -0.39 is 3.92 Å². The number of para-hydroxylation sites is 1. The fourth-order valence-electron chi connectivity index (χ4n) is 1.70. The lowest BCUT2D eigenvalue weighted by Crippen LogP contribution is -2.34. The first-order valence-electron chi connectivity index (χ1n) is 5.51. The summed E-state index contributed by atoms with van der Waals surface area (Å²) in [5, 5.41) is 0. The summed E-state index contributed by atoms with van der Waals surface area (Å²) in [5.41, 5.74) is 1.97. The smallest absolute Gasteiger partial charge is 0.268 e. The number of alkyl halides is 3. The average molecular weight is 301 g/mol. The van der Waals surface area contributed by atoms with Crippen LogP contribution in [0.5, 0.6) is 0 Å². The van der Waals surface area contributed by atoms with Gasteiger partial charge in [0, 0.05) is 12.2 Å². The Morgan fingerprint density at radius 1 is 0.778 bits per heavy atom. The second-order valence-electron chi connectivity index (χ2n) is 3.88. The van der Waals surface area contributed by atoms with Crippen molar-refractivity contribution < 1.29 is 0 Å². The van der Waals surface area contributed by atoms with Crippen molar-refractivity contribution in [1.29, 1.82) is 0 Å². The van der Waals surface area contributed by atoms with E-state index in [0.717, 1.165) is 11.3 Å². The predicted molar refractivity (Wildman–Crippen MR) is 79.4 cm³/mol. The first kappa shape index (κ1) is 13.5. The lowest BCUT2D eigenvalue weighted by Gasteiger charge is -2.31. The van der Waals surface area contributed by atoms with Gasteiger partial charge in [-0.1, -0.05) is 83.3 Å². The standard InChI is InChI=1S/C14H12Cl3N/c15-14(16,17)18(13-9-5-2-6-10-13)11-12-7-3-1-4-8-12/h1-10H,11H2. The Labute approximate surface area is 122 Å². The molecule has 0 saturated heterocycles. The molecule has 0 fully saturated rings. The molecule has 0 amide bonds. The van der Waals surface area contributed by atoms with Crippen LogP contribution in [0.2, 0.25) is 0 Å². The van der Waals surface area contributed by atoms with E-state index in [4.69, 9.17) is 34.8 Å². The van der Waals surface area contributed by atoms with E-state index in [-0.39, 0.29) is 0 Å². The summed E-state index contributed by atoms with van der Waals surface area (Å²) in [6, 6.07) is 19.5. The van der Waals surface area contributed by atoms with Crippen LogP contribution in [0.1, 0.15) is 5.56 Å². The lowest BCUT2D eigenvalue weighted by molar-refractivity contribution is 0.828. The Kier molecular flexibility index (Phi) is 4.39. The van der Waals surface area contributed by atoms with E-state index >= 15 is 0 Å². The van der Waals surface area contributed by atoms with Gasteiger partial charge in [-0.25, -0.2) is 0 Å². The van der Waals surface area contributed by atoms with Gasteiger partial charge in [0.15, 0.2) is 0 Å². The van der Waals surface area contributed by atoms with Crippen LogP contribution < -0.4 is 4.90 Å². The van der Waals surface area contributed by atoms with Crippen LogP contribution in [0.15, 0.2) is 60.7 Å². The molecule has 0 spiro atoms. The fraction of sp³-hybridized carbons (Fsp3) is 0.143. The summed E-state index contributed by atoms with van der Waals surface area (Å²) in [7, 11) is 0. The molecule has 18 heavy (non-hydrogen) atoms. The fourth-order valence-corrected chi connectivity index (χ4v) is 2.17. The Morgan fingerprint density at radius 3 is 1.78 bits per heavy atom. The van der Waals surface area contributed by atoms with Crippen molar-refractivity contribution in [1.82, 2.24) is 0 Å². The maximum absolute atomic E-state index is 6.04. The van der Waals surface area contributed by atoms with Crippen molar-refractivity contribution in [3.8, 4) is 0 Å². The summed E-state index contributed by atoms with van der Waals surface area (Å²) in [6.45, 7) is 0.543. The zero-order valence-corrected chi connectivity index (χ0v) is 11.8. The Bertz CT molecular complexity index is 479. The molecule has 0 radical (unpaired) electrons. The minimum atomic E-state index is -1.48. The predicted octanol–water partition coefficient (Wildman–Crippen LogP) is 5.02. The molecular formula is C14H12Cl3N. The minimum Gasteiger partial charge on any atom is -0.323 e. The number of anilines is 1. The van der Waals surface area contributed by atoms with Crippen LogP contribution in [-0.2, 0) is 6.54 Å². The second-order valence-corrected chi connectivity index (χ2v) is 6.10. The number of hydrogen-bond acceptors (Lipinski definition) is 1. The first-order valence-corrected chi connectivity index (χ1v) is 6.64. The number of benzene rings is 2. The normalized spacial score (nSPS) is 11.3. The molecule has 0 bridgehead atoms. The maximum atomic E-state index is 6.04. The van der Waals surface area contributed by atoms with Gasteiger partial charge in [0.2, 0.25) is 0 Å². The Balaban J connectivity index is 2.28. The maximum Gasteiger partial charge on any atom is 0.268 e. The first-order chi connectivity index (χ1) is 8.57. The second kappa shape index (κ2) is 5.83. The van der Waals surface area contributed by atoms with Crippen LogP contribution in [0.25, 0.3) is 0 Å². The quantitative estimate of drug-likeness (QED) is 0.568. The molecule has 0 saturated carbocycles. The molecule has 2 aromatic carbocycles. The van der Waals surface area contributed by atoms with Gasteiger partial charge in [0.05, 0.1) is 0 Å². The van der Waals surface area contributed by atoms with Gasteiger partial charge in [-0.2, -0.15) is 0 Å². The van der Waals surface area contributed by atoms with Crippen LogP contribution in [0, 0.1) is 0 Å². The van der Waals surface area contributed by atoms with Crippen molar-refractivity contribution >= 4 is 40.5 Å². The largest absolute Gasteiger partial charge is 0.323 e. The molecule has 0 atom stereocenters. The molecular weight excluding hydrogens is 289 g/mol. The average Bonchev–Trinajstić information content (AvgIpc) is 2.37. The Hall–Kier alpha value is -0.890. The van der Waals surface area contributed by atoms with Gasteiger partial charge in [0.25, 0.3) is 3.92 Å². The van der Waals surface area contributed by atoms with Gasteiger partial charge >= 0.3 is 0 Å². The van der Waals surface area contributed by atoms with Gasteiger partial charge < -0.3 is 4.90 Å². The van der Waals surface area contributed by atoms with Crippen molar-refractivity contribution in [3.05, 3.63) is 66.2 Å². The van der Waals surface area contributed by atoms with E-state index in [0.29, 0.717) is 6.54 Å². The highest BCUT2D eigenvalue weighted by Gasteiger charge is 2.29. The van der Waals surface area contributed by atoms with Gasteiger partial charge in [-0.05, 0) is 17.7 Å².